The molecule has 0 spiro atoms. The highest BCUT2D eigenvalue weighted by atomic mass is 16.5. The van der Waals surface area contributed by atoms with Gasteiger partial charge < -0.3 is 20.9 Å². The molecule has 98 valence electrons. The lowest BCUT2D eigenvalue weighted by molar-refractivity contribution is 0.0951. The Morgan fingerprint density at radius 3 is 3.11 bits per heavy atom. The van der Waals surface area contributed by atoms with Crippen LogP contribution in [-0.2, 0) is 4.74 Å². The molecule has 0 radical (unpaired) electrons. The first-order valence-electron chi connectivity index (χ1n) is 6.11. The van der Waals surface area contributed by atoms with Gasteiger partial charge >= 0.3 is 0 Å². The second-order valence-electron chi connectivity index (χ2n) is 4.55. The number of phenolic OH excluding ortho intramolecular Hbond substituents is 1. The number of hydrogen-bond donors (Lipinski definition) is 3. The minimum absolute atomic E-state index is 0.0403. The Bertz CT molecular complexity index is 428. The predicted molar refractivity (Wildman–Crippen MR) is 68.4 cm³/mol. The van der Waals surface area contributed by atoms with E-state index in [1.54, 1.807) is 0 Å². The molecule has 0 bridgehead atoms. The van der Waals surface area contributed by atoms with Gasteiger partial charge in [0.1, 0.15) is 5.75 Å². The molecule has 1 atom stereocenters. The van der Waals surface area contributed by atoms with E-state index in [1.165, 1.54) is 18.2 Å². The SMILES string of the molecule is Nc1ccc(O)cc1C(=O)NCCC1CCOC1. The summed E-state index contributed by atoms with van der Waals surface area (Å²) >= 11 is 0. The number of benzene rings is 1. The van der Waals surface area contributed by atoms with Crippen LogP contribution in [0.2, 0.25) is 0 Å². The monoisotopic (exact) mass is 250 g/mol. The summed E-state index contributed by atoms with van der Waals surface area (Å²) in [6.07, 6.45) is 1.97. The molecule has 5 nitrogen and oxygen atoms in total. The Morgan fingerprint density at radius 1 is 1.56 bits per heavy atom. The summed E-state index contributed by atoms with van der Waals surface area (Å²) < 4.78 is 5.27. The van der Waals surface area contributed by atoms with Gasteiger partial charge in [0.2, 0.25) is 0 Å². The van der Waals surface area contributed by atoms with Gasteiger partial charge in [0.25, 0.3) is 5.91 Å². The highest BCUT2D eigenvalue weighted by Gasteiger charge is 2.16. The van der Waals surface area contributed by atoms with Gasteiger partial charge in [-0.25, -0.2) is 0 Å². The van der Waals surface area contributed by atoms with Crippen LogP contribution in [0, 0.1) is 5.92 Å². The van der Waals surface area contributed by atoms with E-state index in [0.29, 0.717) is 23.7 Å². The normalized spacial score (nSPS) is 18.8. The number of anilines is 1. The summed E-state index contributed by atoms with van der Waals surface area (Å²) in [5, 5.41) is 12.1. The van der Waals surface area contributed by atoms with Crippen molar-refractivity contribution in [1.29, 1.82) is 0 Å². The highest BCUT2D eigenvalue weighted by molar-refractivity contribution is 5.99. The number of nitrogens with one attached hydrogen (secondary N) is 1. The maximum absolute atomic E-state index is 11.9. The molecule has 1 amide bonds. The maximum atomic E-state index is 11.9. The first kappa shape index (κ1) is 12.7. The minimum Gasteiger partial charge on any atom is -0.508 e. The molecule has 1 aliphatic heterocycles. The quantitative estimate of drug-likeness (QED) is 0.552. The van der Waals surface area contributed by atoms with Crippen LogP contribution in [0.1, 0.15) is 23.2 Å². The van der Waals surface area contributed by atoms with Gasteiger partial charge in [-0.05, 0) is 37.0 Å². The number of rotatable bonds is 4. The zero-order valence-electron chi connectivity index (χ0n) is 10.2. The highest BCUT2D eigenvalue weighted by Crippen LogP contribution is 2.19. The summed E-state index contributed by atoms with van der Waals surface area (Å²) in [6.45, 7) is 2.20. The molecule has 1 saturated heterocycles. The van der Waals surface area contributed by atoms with Crippen molar-refractivity contribution in [1.82, 2.24) is 5.32 Å². The van der Waals surface area contributed by atoms with Crippen molar-refractivity contribution in [2.45, 2.75) is 12.8 Å². The smallest absolute Gasteiger partial charge is 0.253 e. The van der Waals surface area contributed by atoms with Crippen LogP contribution in [-0.4, -0.2) is 30.8 Å². The zero-order valence-corrected chi connectivity index (χ0v) is 10.2. The molecule has 0 saturated carbocycles. The standard InChI is InChI=1S/C13H18N2O3/c14-12-2-1-10(16)7-11(12)13(17)15-5-3-9-4-6-18-8-9/h1-2,7,9,16H,3-6,8,14H2,(H,15,17). The lowest BCUT2D eigenvalue weighted by Crippen LogP contribution is -2.26. The lowest BCUT2D eigenvalue weighted by atomic mass is 10.1. The predicted octanol–water partition coefficient (Wildman–Crippen LogP) is 1.13. The van der Waals surface area contributed by atoms with Crippen molar-refractivity contribution in [2.24, 2.45) is 5.92 Å². The van der Waals surface area contributed by atoms with E-state index in [1.807, 2.05) is 0 Å². The average molecular weight is 250 g/mol. The second kappa shape index (κ2) is 5.73. The first-order valence-corrected chi connectivity index (χ1v) is 6.11. The molecule has 1 unspecified atom stereocenters. The van der Waals surface area contributed by atoms with Gasteiger partial charge in [0, 0.05) is 25.4 Å². The summed E-state index contributed by atoms with van der Waals surface area (Å²) in [7, 11) is 0. The van der Waals surface area contributed by atoms with E-state index in [4.69, 9.17) is 10.5 Å². The van der Waals surface area contributed by atoms with Crippen molar-refractivity contribution in [3.8, 4) is 5.75 Å². The fourth-order valence-electron chi connectivity index (χ4n) is 2.04. The molecular formula is C13H18N2O3. The molecule has 18 heavy (non-hydrogen) atoms. The molecule has 2 rings (SSSR count). The molecular weight excluding hydrogens is 232 g/mol. The molecule has 1 heterocycles. The number of aromatic hydroxyl groups is 1. The summed E-state index contributed by atoms with van der Waals surface area (Å²) in [4.78, 5) is 11.9. The molecule has 0 aliphatic carbocycles. The van der Waals surface area contributed by atoms with Gasteiger partial charge in [0.05, 0.1) is 5.56 Å². The third-order valence-corrected chi connectivity index (χ3v) is 3.14. The van der Waals surface area contributed by atoms with Gasteiger partial charge in [-0.1, -0.05) is 0 Å². The lowest BCUT2D eigenvalue weighted by Gasteiger charge is -2.10. The molecule has 0 aromatic heterocycles. The Labute approximate surface area is 106 Å². The number of hydrogen-bond acceptors (Lipinski definition) is 4. The van der Waals surface area contributed by atoms with Crippen molar-refractivity contribution in [3.05, 3.63) is 23.8 Å². The van der Waals surface area contributed by atoms with Gasteiger partial charge in [-0.2, -0.15) is 0 Å². The fourth-order valence-corrected chi connectivity index (χ4v) is 2.04. The number of ether oxygens (including phenoxy) is 1. The third kappa shape index (κ3) is 3.13. The third-order valence-electron chi connectivity index (χ3n) is 3.14. The van der Waals surface area contributed by atoms with Crippen molar-refractivity contribution >= 4 is 11.6 Å². The number of phenols is 1. The molecule has 4 N–H and O–H groups in total. The Hall–Kier alpha value is -1.75. The number of amides is 1. The Kier molecular flexibility index (Phi) is 4.04. The number of nitrogen functional groups attached to an aromatic ring is 1. The van der Waals surface area contributed by atoms with Crippen LogP contribution in [0.5, 0.6) is 5.75 Å². The average Bonchev–Trinajstić information content (AvgIpc) is 2.85. The van der Waals surface area contributed by atoms with E-state index < -0.39 is 0 Å². The van der Waals surface area contributed by atoms with Crippen molar-refractivity contribution in [3.63, 3.8) is 0 Å². The molecule has 1 aliphatic rings. The summed E-state index contributed by atoms with van der Waals surface area (Å²) in [5.41, 5.74) is 6.38. The number of carbonyl (C=O) groups excluding carboxylic acids is 1. The Balaban J connectivity index is 1.85. The molecule has 5 heteroatoms. The molecule has 1 aromatic carbocycles. The fraction of sp³-hybridized carbons (Fsp3) is 0.462. The van der Waals surface area contributed by atoms with E-state index in [2.05, 4.69) is 5.32 Å². The zero-order chi connectivity index (χ0) is 13.0. The minimum atomic E-state index is -0.248. The van der Waals surface area contributed by atoms with Crippen LogP contribution < -0.4 is 11.1 Å². The van der Waals surface area contributed by atoms with Gasteiger partial charge in [-0.15, -0.1) is 0 Å². The topological polar surface area (TPSA) is 84.6 Å². The van der Waals surface area contributed by atoms with Crippen LogP contribution in [0.4, 0.5) is 5.69 Å². The van der Waals surface area contributed by atoms with Crippen LogP contribution in [0.3, 0.4) is 0 Å². The molecule has 1 aromatic rings. The number of nitrogens with two attached hydrogens (primary N) is 1. The second-order valence-corrected chi connectivity index (χ2v) is 4.55. The van der Waals surface area contributed by atoms with E-state index in [-0.39, 0.29) is 11.7 Å². The van der Waals surface area contributed by atoms with E-state index in [9.17, 15) is 9.90 Å². The van der Waals surface area contributed by atoms with Crippen LogP contribution >= 0.6 is 0 Å². The summed E-state index contributed by atoms with van der Waals surface area (Å²) in [5.74, 6) is 0.327. The van der Waals surface area contributed by atoms with E-state index in [0.717, 1.165) is 26.1 Å². The largest absolute Gasteiger partial charge is 0.508 e. The van der Waals surface area contributed by atoms with Gasteiger partial charge in [-0.3, -0.25) is 4.79 Å². The molecule has 1 fully saturated rings. The van der Waals surface area contributed by atoms with E-state index >= 15 is 0 Å². The van der Waals surface area contributed by atoms with Gasteiger partial charge in [0.15, 0.2) is 0 Å². The van der Waals surface area contributed by atoms with Crippen molar-refractivity contribution in [2.75, 3.05) is 25.5 Å². The Morgan fingerprint density at radius 2 is 2.39 bits per heavy atom. The summed E-state index contributed by atoms with van der Waals surface area (Å²) in [6, 6.07) is 4.36. The van der Waals surface area contributed by atoms with Crippen LogP contribution in [0.25, 0.3) is 0 Å². The maximum Gasteiger partial charge on any atom is 0.253 e. The van der Waals surface area contributed by atoms with Crippen molar-refractivity contribution < 1.29 is 14.6 Å². The first-order chi connectivity index (χ1) is 8.66. The van der Waals surface area contributed by atoms with Crippen LogP contribution in [0.15, 0.2) is 18.2 Å². The number of carbonyl (C=O) groups is 1.